The molecule has 0 saturated carbocycles. The average Bonchev–Trinajstić information content (AvgIpc) is 2.64. The van der Waals surface area contributed by atoms with Gasteiger partial charge in [-0.25, -0.2) is 0 Å². The highest BCUT2D eigenvalue weighted by Gasteiger charge is 2.25. The van der Waals surface area contributed by atoms with Crippen LogP contribution in [-0.4, -0.2) is 64.5 Å². The SMILES string of the molecule is CC(CN(C)C(=O)CN1CSCC1=O)C(=O)O. The molecule has 1 heterocycles. The Morgan fingerprint density at radius 3 is 2.71 bits per heavy atom. The third kappa shape index (κ3) is 3.92. The van der Waals surface area contributed by atoms with Crippen molar-refractivity contribution in [1.82, 2.24) is 9.80 Å². The molecule has 1 aliphatic heterocycles. The van der Waals surface area contributed by atoms with Gasteiger partial charge in [0.25, 0.3) is 0 Å². The van der Waals surface area contributed by atoms with E-state index in [9.17, 15) is 14.4 Å². The lowest BCUT2D eigenvalue weighted by molar-refractivity contribution is -0.143. The van der Waals surface area contributed by atoms with Gasteiger partial charge < -0.3 is 14.9 Å². The zero-order valence-electron chi connectivity index (χ0n) is 9.88. The molecule has 1 saturated heterocycles. The maximum absolute atomic E-state index is 11.7. The van der Waals surface area contributed by atoms with Crippen molar-refractivity contribution in [3.8, 4) is 0 Å². The fraction of sp³-hybridized carbons (Fsp3) is 0.700. The Morgan fingerprint density at radius 2 is 2.24 bits per heavy atom. The molecule has 6 nitrogen and oxygen atoms in total. The Labute approximate surface area is 104 Å². The van der Waals surface area contributed by atoms with Crippen molar-refractivity contribution in [2.75, 3.05) is 31.8 Å². The van der Waals surface area contributed by atoms with E-state index >= 15 is 0 Å². The van der Waals surface area contributed by atoms with Crippen molar-refractivity contribution in [2.24, 2.45) is 5.92 Å². The van der Waals surface area contributed by atoms with Gasteiger partial charge in [-0.1, -0.05) is 6.92 Å². The summed E-state index contributed by atoms with van der Waals surface area (Å²) in [6.45, 7) is 1.74. The minimum absolute atomic E-state index is 0.0364. The van der Waals surface area contributed by atoms with Crippen LogP contribution >= 0.6 is 11.8 Å². The molecule has 0 aliphatic carbocycles. The second-order valence-electron chi connectivity index (χ2n) is 4.08. The Morgan fingerprint density at radius 1 is 1.59 bits per heavy atom. The van der Waals surface area contributed by atoms with Crippen LogP contribution in [0.25, 0.3) is 0 Å². The lowest BCUT2D eigenvalue weighted by atomic mass is 10.2. The van der Waals surface area contributed by atoms with Crippen LogP contribution in [0.2, 0.25) is 0 Å². The van der Waals surface area contributed by atoms with Gasteiger partial charge in [-0.15, -0.1) is 11.8 Å². The lowest BCUT2D eigenvalue weighted by Crippen LogP contribution is -2.41. The number of thioether (sulfide) groups is 1. The molecule has 1 aliphatic rings. The highest BCUT2D eigenvalue weighted by atomic mass is 32.2. The van der Waals surface area contributed by atoms with Crippen molar-refractivity contribution < 1.29 is 19.5 Å². The van der Waals surface area contributed by atoms with Crippen LogP contribution in [0.15, 0.2) is 0 Å². The van der Waals surface area contributed by atoms with Crippen molar-refractivity contribution in [2.45, 2.75) is 6.92 Å². The smallest absolute Gasteiger partial charge is 0.308 e. The third-order valence-corrected chi connectivity index (χ3v) is 3.49. The fourth-order valence-corrected chi connectivity index (χ4v) is 2.32. The second kappa shape index (κ2) is 5.90. The van der Waals surface area contributed by atoms with Crippen LogP contribution in [-0.2, 0) is 14.4 Å². The van der Waals surface area contributed by atoms with E-state index in [2.05, 4.69) is 0 Å². The Hall–Kier alpha value is -1.24. The van der Waals surface area contributed by atoms with Gasteiger partial charge >= 0.3 is 5.97 Å². The highest BCUT2D eigenvalue weighted by Crippen LogP contribution is 2.14. The van der Waals surface area contributed by atoms with Crippen molar-refractivity contribution in [1.29, 1.82) is 0 Å². The quantitative estimate of drug-likeness (QED) is 0.734. The number of hydrogen-bond acceptors (Lipinski definition) is 4. The van der Waals surface area contributed by atoms with Gasteiger partial charge in [0.1, 0.15) is 6.54 Å². The van der Waals surface area contributed by atoms with Crippen molar-refractivity contribution in [3.05, 3.63) is 0 Å². The largest absolute Gasteiger partial charge is 0.481 e. The molecule has 1 N–H and O–H groups in total. The summed E-state index contributed by atoms with van der Waals surface area (Å²) < 4.78 is 0. The first-order valence-corrected chi connectivity index (χ1v) is 6.39. The number of amides is 2. The van der Waals surface area contributed by atoms with E-state index in [1.807, 2.05) is 0 Å². The molecule has 0 aromatic carbocycles. The minimum Gasteiger partial charge on any atom is -0.481 e. The van der Waals surface area contributed by atoms with Crippen molar-refractivity contribution in [3.63, 3.8) is 0 Å². The van der Waals surface area contributed by atoms with Gasteiger partial charge in [-0.3, -0.25) is 14.4 Å². The maximum atomic E-state index is 11.7. The zero-order valence-corrected chi connectivity index (χ0v) is 10.7. The summed E-state index contributed by atoms with van der Waals surface area (Å²) >= 11 is 1.47. The van der Waals surface area contributed by atoms with E-state index in [-0.39, 0.29) is 24.9 Å². The highest BCUT2D eigenvalue weighted by molar-refractivity contribution is 8.00. The molecule has 1 unspecified atom stereocenters. The number of carbonyl (C=O) groups is 3. The monoisotopic (exact) mass is 260 g/mol. The van der Waals surface area contributed by atoms with Crippen molar-refractivity contribution >= 4 is 29.5 Å². The Balaban J connectivity index is 2.41. The van der Waals surface area contributed by atoms with Gasteiger partial charge in [-0.2, -0.15) is 0 Å². The summed E-state index contributed by atoms with van der Waals surface area (Å²) in [4.78, 5) is 36.5. The number of rotatable bonds is 5. The van der Waals surface area contributed by atoms with Gasteiger partial charge in [0, 0.05) is 13.6 Å². The number of likely N-dealkylation sites (N-methyl/N-ethyl adjacent to an activating group) is 1. The van der Waals surface area contributed by atoms with Crippen LogP contribution in [0, 0.1) is 5.92 Å². The number of carboxylic acids is 1. The summed E-state index contributed by atoms with van der Waals surface area (Å²) in [7, 11) is 1.55. The van der Waals surface area contributed by atoms with Gasteiger partial charge in [0.2, 0.25) is 11.8 Å². The average molecular weight is 260 g/mol. The predicted molar refractivity (Wildman–Crippen MR) is 63.5 cm³/mol. The number of carboxylic acid groups (broad SMARTS) is 1. The lowest BCUT2D eigenvalue weighted by Gasteiger charge is -2.22. The van der Waals surface area contributed by atoms with E-state index in [4.69, 9.17) is 5.11 Å². The number of carbonyl (C=O) groups excluding carboxylic acids is 2. The van der Waals surface area contributed by atoms with E-state index in [1.165, 1.54) is 21.6 Å². The second-order valence-corrected chi connectivity index (χ2v) is 5.04. The normalized spacial score (nSPS) is 17.1. The minimum atomic E-state index is -0.933. The standard InChI is InChI=1S/C10H16N2O4S/c1-7(10(15)16)3-11(2)8(13)4-12-6-17-5-9(12)14/h7H,3-6H2,1-2H3,(H,15,16). The molecular formula is C10H16N2O4S. The van der Waals surface area contributed by atoms with Crippen LogP contribution in [0.5, 0.6) is 0 Å². The molecule has 0 radical (unpaired) electrons. The fourth-order valence-electron chi connectivity index (χ4n) is 1.41. The molecule has 0 aromatic heterocycles. The van der Waals surface area contributed by atoms with Crippen LogP contribution < -0.4 is 0 Å². The summed E-state index contributed by atoms with van der Waals surface area (Å²) in [6.07, 6.45) is 0. The molecule has 17 heavy (non-hydrogen) atoms. The van der Waals surface area contributed by atoms with Crippen LogP contribution in [0.1, 0.15) is 6.92 Å². The van der Waals surface area contributed by atoms with E-state index in [1.54, 1.807) is 14.0 Å². The first kappa shape index (κ1) is 13.8. The van der Waals surface area contributed by atoms with Gasteiger partial charge in [0.15, 0.2) is 0 Å². The van der Waals surface area contributed by atoms with E-state index in [0.717, 1.165) is 0 Å². The van der Waals surface area contributed by atoms with Gasteiger partial charge in [-0.05, 0) is 0 Å². The first-order chi connectivity index (χ1) is 7.91. The molecule has 2 amide bonds. The summed E-state index contributed by atoms with van der Waals surface area (Å²) in [5.74, 6) is -0.850. The summed E-state index contributed by atoms with van der Waals surface area (Å²) in [5.41, 5.74) is 0. The molecule has 1 atom stereocenters. The summed E-state index contributed by atoms with van der Waals surface area (Å²) in [6, 6.07) is 0. The van der Waals surface area contributed by atoms with E-state index < -0.39 is 11.9 Å². The maximum Gasteiger partial charge on any atom is 0.308 e. The molecular weight excluding hydrogens is 244 g/mol. The number of nitrogens with zero attached hydrogens (tertiary/aromatic N) is 2. The predicted octanol–water partition coefficient (Wildman–Crippen LogP) is -0.302. The third-order valence-electron chi connectivity index (χ3n) is 2.55. The Bertz CT molecular complexity index is 334. The van der Waals surface area contributed by atoms with Gasteiger partial charge in [0.05, 0.1) is 17.5 Å². The molecule has 0 bridgehead atoms. The Kier molecular flexibility index (Phi) is 4.80. The summed E-state index contributed by atoms with van der Waals surface area (Å²) in [5, 5.41) is 8.73. The van der Waals surface area contributed by atoms with Crippen LogP contribution in [0.3, 0.4) is 0 Å². The molecule has 0 spiro atoms. The molecule has 1 rings (SSSR count). The molecule has 1 fully saturated rings. The molecule has 0 aromatic rings. The molecule has 96 valence electrons. The topological polar surface area (TPSA) is 77.9 Å². The van der Waals surface area contributed by atoms with E-state index in [0.29, 0.717) is 11.6 Å². The van der Waals surface area contributed by atoms with Crippen LogP contribution in [0.4, 0.5) is 0 Å². The molecule has 7 heteroatoms. The number of aliphatic carboxylic acids is 1. The number of hydrogen-bond donors (Lipinski definition) is 1. The first-order valence-electron chi connectivity index (χ1n) is 5.24. The zero-order chi connectivity index (χ0) is 13.0.